The normalized spacial score (nSPS) is 19.4. The second-order valence-electron chi connectivity index (χ2n) is 6.38. The fourth-order valence-electron chi connectivity index (χ4n) is 3.32. The number of likely N-dealkylation sites (tertiary alicyclic amines) is 1. The van der Waals surface area contributed by atoms with Gasteiger partial charge in [-0.05, 0) is 36.8 Å². The molecule has 1 aromatic heterocycles. The van der Waals surface area contributed by atoms with Crippen molar-refractivity contribution >= 4 is 11.9 Å². The monoisotopic (exact) mass is 358 g/mol. The molecule has 6 nitrogen and oxygen atoms in total. The smallest absolute Gasteiger partial charge is 0.311 e. The van der Waals surface area contributed by atoms with E-state index in [-0.39, 0.29) is 30.4 Å². The van der Waals surface area contributed by atoms with Gasteiger partial charge >= 0.3 is 5.97 Å². The predicted molar refractivity (Wildman–Crippen MR) is 92.4 cm³/mol. The zero-order valence-electron chi connectivity index (χ0n) is 14.5. The van der Waals surface area contributed by atoms with Crippen molar-refractivity contribution in [3.05, 3.63) is 69.4 Å². The van der Waals surface area contributed by atoms with Gasteiger partial charge in [0.15, 0.2) is 0 Å². The van der Waals surface area contributed by atoms with Crippen molar-refractivity contribution in [2.75, 3.05) is 20.2 Å². The molecule has 136 valence electrons. The van der Waals surface area contributed by atoms with Gasteiger partial charge in [0.1, 0.15) is 11.4 Å². The number of hydrogen-bond acceptors (Lipinski definition) is 4. The molecule has 0 spiro atoms. The highest BCUT2D eigenvalue weighted by Gasteiger charge is 2.41. The van der Waals surface area contributed by atoms with Crippen LogP contribution in [0.5, 0.6) is 0 Å². The highest BCUT2D eigenvalue weighted by atomic mass is 19.1. The third-order valence-electron chi connectivity index (χ3n) is 4.69. The summed E-state index contributed by atoms with van der Waals surface area (Å²) in [7, 11) is 1.29. The molecule has 1 fully saturated rings. The van der Waals surface area contributed by atoms with E-state index in [2.05, 4.69) is 4.98 Å². The van der Waals surface area contributed by atoms with Crippen molar-refractivity contribution in [2.24, 2.45) is 5.92 Å². The number of esters is 1. The van der Waals surface area contributed by atoms with Crippen molar-refractivity contribution < 1.29 is 18.7 Å². The predicted octanol–water partition coefficient (Wildman–Crippen LogP) is 1.85. The van der Waals surface area contributed by atoms with Crippen LogP contribution in [0.4, 0.5) is 4.39 Å². The Bertz CT molecular complexity index is 891. The van der Waals surface area contributed by atoms with Gasteiger partial charge in [0.05, 0.1) is 13.0 Å². The zero-order chi connectivity index (χ0) is 18.8. The number of benzene rings is 1. The highest BCUT2D eigenvalue weighted by molar-refractivity contribution is 5.94. The molecule has 0 radical (unpaired) electrons. The Morgan fingerprint density at radius 2 is 1.85 bits per heavy atom. The number of carbonyl (C=O) groups is 2. The molecular formula is C19H19FN2O4. The van der Waals surface area contributed by atoms with Crippen molar-refractivity contribution in [3.63, 3.8) is 0 Å². The number of nitrogens with one attached hydrogen (secondary N) is 1. The minimum absolute atomic E-state index is 0.0268. The maximum Gasteiger partial charge on any atom is 0.311 e. The largest absolute Gasteiger partial charge is 0.469 e. The van der Waals surface area contributed by atoms with Crippen molar-refractivity contribution in [3.8, 4) is 0 Å². The first-order valence-corrected chi connectivity index (χ1v) is 8.23. The van der Waals surface area contributed by atoms with Gasteiger partial charge in [-0.3, -0.25) is 14.4 Å². The summed E-state index contributed by atoms with van der Waals surface area (Å²) in [4.78, 5) is 41.1. The lowest BCUT2D eigenvalue weighted by atomic mass is 9.89. The number of carbonyl (C=O) groups excluding carboxylic acids is 2. The number of ether oxygens (including phenoxy) is 1. The van der Waals surface area contributed by atoms with Gasteiger partial charge in [0, 0.05) is 24.7 Å². The van der Waals surface area contributed by atoms with E-state index in [1.54, 1.807) is 25.1 Å². The Hall–Kier alpha value is -2.96. The first-order chi connectivity index (χ1) is 12.4. The van der Waals surface area contributed by atoms with Crippen LogP contribution in [0.2, 0.25) is 0 Å². The first-order valence-electron chi connectivity index (χ1n) is 8.23. The van der Waals surface area contributed by atoms with Crippen LogP contribution < -0.4 is 5.56 Å². The molecule has 1 amide bonds. The van der Waals surface area contributed by atoms with E-state index in [1.165, 1.54) is 30.2 Å². The van der Waals surface area contributed by atoms with Crippen molar-refractivity contribution in [1.29, 1.82) is 0 Å². The summed E-state index contributed by atoms with van der Waals surface area (Å²) in [6.45, 7) is 2.11. The Morgan fingerprint density at radius 3 is 2.46 bits per heavy atom. The molecule has 26 heavy (non-hydrogen) atoms. The summed E-state index contributed by atoms with van der Waals surface area (Å²) >= 11 is 0. The van der Waals surface area contributed by atoms with Gasteiger partial charge in [-0.15, -0.1) is 0 Å². The number of aryl methyl sites for hydroxylation is 1. The van der Waals surface area contributed by atoms with Crippen LogP contribution in [0.1, 0.15) is 27.5 Å². The van der Waals surface area contributed by atoms with E-state index in [4.69, 9.17) is 4.74 Å². The quantitative estimate of drug-likeness (QED) is 0.850. The average Bonchev–Trinajstić information content (AvgIpc) is 3.06. The number of hydrogen-bond donors (Lipinski definition) is 1. The van der Waals surface area contributed by atoms with E-state index < -0.39 is 23.4 Å². The third-order valence-corrected chi connectivity index (χ3v) is 4.69. The van der Waals surface area contributed by atoms with Crippen LogP contribution in [0, 0.1) is 18.7 Å². The van der Waals surface area contributed by atoms with Gasteiger partial charge in [0.2, 0.25) is 0 Å². The number of aromatic nitrogens is 1. The number of methoxy groups -OCH3 is 1. The lowest BCUT2D eigenvalue weighted by Crippen LogP contribution is -2.34. The van der Waals surface area contributed by atoms with Crippen LogP contribution in [0.3, 0.4) is 0 Å². The molecule has 1 aromatic carbocycles. The number of amides is 1. The van der Waals surface area contributed by atoms with Crippen LogP contribution in [-0.4, -0.2) is 42.0 Å². The molecule has 0 saturated carbocycles. The zero-order valence-corrected chi connectivity index (χ0v) is 14.5. The number of aromatic amines is 1. The number of H-pyrrole nitrogens is 1. The topological polar surface area (TPSA) is 79.5 Å². The third kappa shape index (κ3) is 3.37. The summed E-state index contributed by atoms with van der Waals surface area (Å²) in [5, 5.41) is 0. The van der Waals surface area contributed by atoms with Gasteiger partial charge in [-0.25, -0.2) is 4.39 Å². The summed E-state index contributed by atoms with van der Waals surface area (Å²) in [5.41, 5.74) is 0.966. The Labute approximate surface area is 149 Å². The second kappa shape index (κ2) is 7.11. The fraction of sp³-hybridized carbons (Fsp3) is 0.316. The lowest BCUT2D eigenvalue weighted by Gasteiger charge is -2.16. The Balaban J connectivity index is 1.90. The first kappa shape index (κ1) is 17.8. The van der Waals surface area contributed by atoms with E-state index in [9.17, 15) is 18.8 Å². The van der Waals surface area contributed by atoms with E-state index >= 15 is 0 Å². The molecule has 1 N–H and O–H groups in total. The van der Waals surface area contributed by atoms with Crippen molar-refractivity contribution in [2.45, 2.75) is 12.8 Å². The van der Waals surface area contributed by atoms with Gasteiger partial charge in [-0.1, -0.05) is 12.1 Å². The molecular weight excluding hydrogens is 339 g/mol. The van der Waals surface area contributed by atoms with E-state index in [1.807, 2.05) is 0 Å². The SMILES string of the molecule is COC(=O)[C@H]1CN(C(=O)c2ccc(C)[nH]c2=O)C[C@@H]1c1ccc(F)cc1. The Kier molecular flexibility index (Phi) is 4.88. The summed E-state index contributed by atoms with van der Waals surface area (Å²) in [6, 6.07) is 8.97. The molecule has 2 atom stereocenters. The van der Waals surface area contributed by atoms with Crippen molar-refractivity contribution in [1.82, 2.24) is 9.88 Å². The van der Waals surface area contributed by atoms with E-state index in [0.29, 0.717) is 5.69 Å². The lowest BCUT2D eigenvalue weighted by molar-refractivity contribution is -0.145. The number of rotatable bonds is 3. The maximum absolute atomic E-state index is 13.2. The molecule has 1 aliphatic rings. The molecule has 2 aromatic rings. The van der Waals surface area contributed by atoms with Gasteiger partial charge in [0.25, 0.3) is 11.5 Å². The molecule has 1 saturated heterocycles. The molecule has 0 aliphatic carbocycles. The summed E-state index contributed by atoms with van der Waals surface area (Å²) < 4.78 is 18.1. The van der Waals surface area contributed by atoms with E-state index in [0.717, 1.165) is 5.56 Å². The summed E-state index contributed by atoms with van der Waals surface area (Å²) in [6.07, 6.45) is 0. The number of nitrogens with zero attached hydrogens (tertiary/aromatic N) is 1. The van der Waals surface area contributed by atoms with Crippen LogP contribution in [-0.2, 0) is 9.53 Å². The highest BCUT2D eigenvalue weighted by Crippen LogP contribution is 2.34. The minimum atomic E-state index is -0.570. The minimum Gasteiger partial charge on any atom is -0.469 e. The van der Waals surface area contributed by atoms with Gasteiger partial charge in [-0.2, -0.15) is 0 Å². The number of pyridine rings is 1. The second-order valence-corrected chi connectivity index (χ2v) is 6.38. The molecule has 0 bridgehead atoms. The summed E-state index contributed by atoms with van der Waals surface area (Å²) in [5.74, 6) is -2.15. The Morgan fingerprint density at radius 1 is 1.15 bits per heavy atom. The molecule has 2 heterocycles. The standard InChI is InChI=1S/C19H19FN2O4/c1-11-3-8-14(17(23)21-11)18(24)22-9-15(16(10-22)19(25)26-2)12-4-6-13(20)7-5-12/h3-8,15-16H,9-10H2,1-2H3,(H,21,23)/t15-,16+/m1/s1. The maximum atomic E-state index is 13.2. The average molecular weight is 358 g/mol. The fourth-order valence-corrected chi connectivity index (χ4v) is 3.32. The van der Waals surface area contributed by atoms with Crippen LogP contribution >= 0.6 is 0 Å². The van der Waals surface area contributed by atoms with Crippen LogP contribution in [0.25, 0.3) is 0 Å². The molecule has 1 aliphatic heterocycles. The molecule has 7 heteroatoms. The molecule has 3 rings (SSSR count). The number of halogens is 1. The van der Waals surface area contributed by atoms with Crippen LogP contribution in [0.15, 0.2) is 41.2 Å². The van der Waals surface area contributed by atoms with Gasteiger partial charge < -0.3 is 14.6 Å². The molecule has 0 unspecified atom stereocenters.